The number of rotatable bonds is 6. The molecule has 7 nitrogen and oxygen atoms in total. The number of nitrogens with two attached hydrogens (primary N) is 4. The van der Waals surface area contributed by atoms with Crippen molar-refractivity contribution in [1.29, 1.82) is 0 Å². The molecule has 0 radical (unpaired) electrons. The summed E-state index contributed by atoms with van der Waals surface area (Å²) in [6.07, 6.45) is 1.47. The molecule has 1 heterocycles. The van der Waals surface area contributed by atoms with Gasteiger partial charge >= 0.3 is 0 Å². The second kappa shape index (κ2) is 7.84. The van der Waals surface area contributed by atoms with Gasteiger partial charge in [0.2, 0.25) is 0 Å². The molecule has 0 bridgehead atoms. The zero-order chi connectivity index (χ0) is 19.4. The van der Waals surface area contributed by atoms with Gasteiger partial charge in [-0.15, -0.1) is 0 Å². The van der Waals surface area contributed by atoms with E-state index in [2.05, 4.69) is 4.98 Å². The third-order valence-electron chi connectivity index (χ3n) is 4.21. The summed E-state index contributed by atoms with van der Waals surface area (Å²) in [6.45, 7) is -0.0814. The first-order chi connectivity index (χ1) is 13.0. The largest absolute Gasteiger partial charge is 0.482 e. The van der Waals surface area contributed by atoms with Gasteiger partial charge < -0.3 is 32.8 Å². The van der Waals surface area contributed by atoms with Gasteiger partial charge in [-0.25, -0.2) is 0 Å². The number of anilines is 4. The average molecular weight is 365 g/mol. The van der Waals surface area contributed by atoms with Crippen LogP contribution in [-0.4, -0.2) is 16.7 Å². The minimum Gasteiger partial charge on any atom is -0.482 e. The molecular formula is C20H23N5O2. The van der Waals surface area contributed by atoms with Crippen molar-refractivity contribution in [3.63, 3.8) is 0 Å². The highest BCUT2D eigenvalue weighted by atomic mass is 16.5. The van der Waals surface area contributed by atoms with Crippen molar-refractivity contribution in [2.75, 3.05) is 29.5 Å². The summed E-state index contributed by atoms with van der Waals surface area (Å²) in [6, 6.07) is 14.0. The molecule has 3 rings (SSSR count). The van der Waals surface area contributed by atoms with E-state index in [1.807, 2.05) is 12.1 Å². The molecule has 0 aliphatic heterocycles. The number of benzene rings is 2. The van der Waals surface area contributed by atoms with Crippen LogP contribution in [-0.2, 0) is 0 Å². The van der Waals surface area contributed by atoms with Crippen molar-refractivity contribution in [3.8, 4) is 16.9 Å². The molecular weight excluding hydrogens is 342 g/mol. The Bertz CT molecular complexity index is 945. The molecule has 1 atom stereocenters. The second-order valence-electron chi connectivity index (χ2n) is 6.20. The zero-order valence-corrected chi connectivity index (χ0v) is 14.8. The Morgan fingerprint density at radius 1 is 0.889 bits per heavy atom. The van der Waals surface area contributed by atoms with Crippen LogP contribution in [0.1, 0.15) is 18.2 Å². The monoisotopic (exact) mass is 365 g/mol. The van der Waals surface area contributed by atoms with Gasteiger partial charge in [-0.1, -0.05) is 6.07 Å². The lowest BCUT2D eigenvalue weighted by Crippen LogP contribution is -2.14. The van der Waals surface area contributed by atoms with Crippen molar-refractivity contribution >= 4 is 22.7 Å². The highest BCUT2D eigenvalue weighted by molar-refractivity contribution is 5.80. The fraction of sp³-hybridized carbons (Fsp3) is 0.150. The fourth-order valence-electron chi connectivity index (χ4n) is 2.91. The molecule has 0 saturated heterocycles. The number of aliphatic hydroxyl groups excluding tert-OH is 1. The van der Waals surface area contributed by atoms with Crippen LogP contribution in [0.2, 0.25) is 0 Å². The topological polar surface area (TPSA) is 146 Å². The van der Waals surface area contributed by atoms with E-state index in [0.29, 0.717) is 40.6 Å². The Morgan fingerprint density at radius 3 is 2.37 bits per heavy atom. The molecule has 7 heteroatoms. The highest BCUT2D eigenvalue weighted by Gasteiger charge is 2.21. The number of aliphatic hydroxyl groups is 1. The number of nitrogen functional groups attached to an aromatic ring is 4. The summed E-state index contributed by atoms with van der Waals surface area (Å²) in [5.41, 5.74) is 28.2. The van der Waals surface area contributed by atoms with Gasteiger partial charge in [0.05, 0.1) is 11.4 Å². The molecule has 0 aliphatic carbocycles. The molecule has 2 aromatic carbocycles. The molecule has 9 N–H and O–H groups in total. The minimum atomic E-state index is -0.530. The zero-order valence-electron chi connectivity index (χ0n) is 14.8. The lowest BCUT2D eigenvalue weighted by Gasteiger charge is -2.22. The standard InChI is InChI=1S/C20H23N5O2/c21-12-3-5-16(23)15(10-12)14-2-1-8-25-20(14)19(7-9-26)27-18-6-4-13(22)11-17(18)24/h1-6,8,10-11,19,26H,7,9,21-24H2. The number of nitrogens with zero attached hydrogens (tertiary/aromatic N) is 1. The Hall–Kier alpha value is -3.45. The molecule has 0 spiro atoms. The summed E-state index contributed by atoms with van der Waals surface area (Å²) >= 11 is 0. The number of pyridine rings is 1. The van der Waals surface area contributed by atoms with Crippen LogP contribution in [0.25, 0.3) is 11.1 Å². The summed E-state index contributed by atoms with van der Waals surface area (Å²) in [4.78, 5) is 4.49. The molecule has 0 fully saturated rings. The molecule has 140 valence electrons. The SMILES string of the molecule is Nc1ccc(OC(CCO)c2ncccc2-c2cc(N)ccc2N)c(N)c1. The van der Waals surface area contributed by atoms with Gasteiger partial charge in [-0.05, 0) is 42.5 Å². The molecule has 0 amide bonds. The first-order valence-electron chi connectivity index (χ1n) is 8.52. The lowest BCUT2D eigenvalue weighted by molar-refractivity contribution is 0.153. The normalized spacial score (nSPS) is 11.9. The second-order valence-corrected chi connectivity index (χ2v) is 6.20. The third kappa shape index (κ3) is 4.04. The van der Waals surface area contributed by atoms with E-state index in [9.17, 15) is 5.11 Å². The minimum absolute atomic E-state index is 0.0814. The first kappa shape index (κ1) is 18.3. The van der Waals surface area contributed by atoms with E-state index in [1.54, 1.807) is 42.6 Å². The summed E-state index contributed by atoms with van der Waals surface area (Å²) in [7, 11) is 0. The van der Waals surface area contributed by atoms with Gasteiger partial charge in [0.15, 0.2) is 0 Å². The van der Waals surface area contributed by atoms with Gasteiger partial charge in [0, 0.05) is 47.4 Å². The Kier molecular flexibility index (Phi) is 5.33. The smallest absolute Gasteiger partial charge is 0.143 e. The molecule has 27 heavy (non-hydrogen) atoms. The van der Waals surface area contributed by atoms with Crippen molar-refractivity contribution < 1.29 is 9.84 Å². The van der Waals surface area contributed by atoms with Gasteiger partial charge in [0.1, 0.15) is 11.9 Å². The molecule has 1 unspecified atom stereocenters. The number of aromatic nitrogens is 1. The average Bonchev–Trinajstić information content (AvgIpc) is 2.65. The predicted octanol–water partition coefficient (Wildman–Crippen LogP) is 2.58. The first-order valence-corrected chi connectivity index (χ1v) is 8.52. The van der Waals surface area contributed by atoms with E-state index >= 15 is 0 Å². The number of hydrogen-bond donors (Lipinski definition) is 5. The lowest BCUT2D eigenvalue weighted by atomic mass is 9.98. The third-order valence-corrected chi connectivity index (χ3v) is 4.21. The fourth-order valence-corrected chi connectivity index (χ4v) is 2.91. The van der Waals surface area contributed by atoms with E-state index in [1.165, 1.54) is 0 Å². The Labute approximate surface area is 157 Å². The van der Waals surface area contributed by atoms with Crippen molar-refractivity contribution in [2.24, 2.45) is 0 Å². The number of ether oxygens (including phenoxy) is 1. The predicted molar refractivity (Wildman–Crippen MR) is 109 cm³/mol. The van der Waals surface area contributed by atoms with Crippen molar-refractivity contribution in [2.45, 2.75) is 12.5 Å². The van der Waals surface area contributed by atoms with E-state index in [0.717, 1.165) is 11.1 Å². The van der Waals surface area contributed by atoms with Crippen LogP contribution < -0.4 is 27.7 Å². The van der Waals surface area contributed by atoms with Crippen LogP contribution in [0.5, 0.6) is 5.75 Å². The van der Waals surface area contributed by atoms with Crippen LogP contribution in [0, 0.1) is 0 Å². The van der Waals surface area contributed by atoms with E-state index in [4.69, 9.17) is 27.7 Å². The van der Waals surface area contributed by atoms with Crippen molar-refractivity contribution in [3.05, 3.63) is 60.4 Å². The van der Waals surface area contributed by atoms with Crippen molar-refractivity contribution in [1.82, 2.24) is 4.98 Å². The quantitative estimate of drug-likeness (QED) is 0.422. The number of hydrogen-bond acceptors (Lipinski definition) is 7. The Balaban J connectivity index is 2.05. The molecule has 3 aromatic rings. The summed E-state index contributed by atoms with van der Waals surface area (Å²) < 4.78 is 6.08. The van der Waals surface area contributed by atoms with Crippen LogP contribution >= 0.6 is 0 Å². The van der Waals surface area contributed by atoms with Crippen LogP contribution in [0.3, 0.4) is 0 Å². The highest BCUT2D eigenvalue weighted by Crippen LogP contribution is 2.36. The summed E-state index contributed by atoms with van der Waals surface area (Å²) in [5, 5.41) is 9.55. The van der Waals surface area contributed by atoms with Crippen LogP contribution in [0.15, 0.2) is 54.7 Å². The maximum absolute atomic E-state index is 9.55. The van der Waals surface area contributed by atoms with E-state index in [-0.39, 0.29) is 6.61 Å². The van der Waals surface area contributed by atoms with Gasteiger partial charge in [0.25, 0.3) is 0 Å². The van der Waals surface area contributed by atoms with Gasteiger partial charge in [-0.3, -0.25) is 4.98 Å². The molecule has 0 saturated carbocycles. The van der Waals surface area contributed by atoms with E-state index < -0.39 is 6.10 Å². The Morgan fingerprint density at radius 2 is 1.63 bits per heavy atom. The molecule has 1 aromatic heterocycles. The maximum atomic E-state index is 9.55. The maximum Gasteiger partial charge on any atom is 0.143 e. The molecule has 0 aliphatic rings. The van der Waals surface area contributed by atoms with Crippen LogP contribution in [0.4, 0.5) is 22.7 Å². The summed E-state index contributed by atoms with van der Waals surface area (Å²) in [5.74, 6) is 0.472. The van der Waals surface area contributed by atoms with Gasteiger partial charge in [-0.2, -0.15) is 0 Å².